The molecule has 2 heterocycles. The van der Waals surface area contributed by atoms with Crippen molar-refractivity contribution < 1.29 is 23.4 Å². The van der Waals surface area contributed by atoms with Crippen molar-refractivity contribution in [2.45, 2.75) is 19.9 Å². The molecular weight excluding hydrogens is 318 g/mol. The summed E-state index contributed by atoms with van der Waals surface area (Å²) in [6, 6.07) is 4.18. The first kappa shape index (κ1) is 16.2. The van der Waals surface area contributed by atoms with Crippen LogP contribution in [0.4, 0.5) is 14.5 Å². The molecule has 0 unspecified atom stereocenters. The number of carboxylic acids is 1. The average molecular weight is 334 g/mol. The molecule has 5 nitrogen and oxygen atoms in total. The third-order valence-electron chi connectivity index (χ3n) is 3.96. The molecular formula is C17H16F2N2O3. The van der Waals surface area contributed by atoms with Gasteiger partial charge in [0, 0.05) is 37.1 Å². The SMILES string of the molecule is CCOc1cc(N2CCc3cc(C(=O)O)ncc3C2)cc(F)c1F. The van der Waals surface area contributed by atoms with E-state index in [1.807, 2.05) is 4.90 Å². The number of nitrogens with zero attached hydrogens (tertiary/aromatic N) is 2. The Bertz CT molecular complexity index is 796. The molecule has 7 heteroatoms. The van der Waals surface area contributed by atoms with Crippen molar-refractivity contribution in [2.24, 2.45) is 0 Å². The number of benzene rings is 1. The van der Waals surface area contributed by atoms with Gasteiger partial charge in [0.05, 0.1) is 6.61 Å². The first-order chi connectivity index (χ1) is 11.5. The minimum Gasteiger partial charge on any atom is -0.491 e. The Kier molecular flexibility index (Phi) is 4.33. The zero-order valence-corrected chi connectivity index (χ0v) is 13.1. The molecule has 1 aliphatic heterocycles. The van der Waals surface area contributed by atoms with E-state index in [-0.39, 0.29) is 18.1 Å². The molecule has 3 rings (SSSR count). The molecule has 0 fully saturated rings. The Morgan fingerprint density at radius 2 is 2.12 bits per heavy atom. The zero-order valence-electron chi connectivity index (χ0n) is 13.1. The highest BCUT2D eigenvalue weighted by Crippen LogP contribution is 2.30. The van der Waals surface area contributed by atoms with Crippen LogP contribution in [0.1, 0.15) is 28.5 Å². The van der Waals surface area contributed by atoms with Crippen LogP contribution in [-0.2, 0) is 13.0 Å². The number of rotatable bonds is 4. The Hall–Kier alpha value is -2.70. The Morgan fingerprint density at radius 1 is 1.33 bits per heavy atom. The minimum absolute atomic E-state index is 0.00802. The van der Waals surface area contributed by atoms with E-state index >= 15 is 0 Å². The summed E-state index contributed by atoms with van der Waals surface area (Å²) in [5.74, 6) is -3.13. The highest BCUT2D eigenvalue weighted by atomic mass is 19.2. The van der Waals surface area contributed by atoms with E-state index in [9.17, 15) is 13.6 Å². The summed E-state index contributed by atoms with van der Waals surface area (Å²) in [5, 5.41) is 8.99. The summed E-state index contributed by atoms with van der Waals surface area (Å²) in [5.41, 5.74) is 2.30. The number of anilines is 1. The van der Waals surface area contributed by atoms with E-state index in [0.29, 0.717) is 25.2 Å². The Labute approximate surface area is 137 Å². The average Bonchev–Trinajstić information content (AvgIpc) is 2.58. The van der Waals surface area contributed by atoms with Gasteiger partial charge in [-0.05, 0) is 30.5 Å². The van der Waals surface area contributed by atoms with Crippen LogP contribution in [0.25, 0.3) is 0 Å². The van der Waals surface area contributed by atoms with E-state index < -0.39 is 17.6 Å². The quantitative estimate of drug-likeness (QED) is 0.931. The predicted molar refractivity (Wildman–Crippen MR) is 83.5 cm³/mol. The summed E-state index contributed by atoms with van der Waals surface area (Å²) in [4.78, 5) is 16.8. The van der Waals surface area contributed by atoms with Crippen LogP contribution in [0, 0.1) is 11.6 Å². The van der Waals surface area contributed by atoms with Crippen LogP contribution >= 0.6 is 0 Å². The van der Waals surface area contributed by atoms with Crippen molar-refractivity contribution in [2.75, 3.05) is 18.1 Å². The van der Waals surface area contributed by atoms with Gasteiger partial charge >= 0.3 is 5.97 Å². The number of ether oxygens (including phenoxy) is 1. The number of halogens is 2. The van der Waals surface area contributed by atoms with Crippen molar-refractivity contribution in [3.05, 3.63) is 52.9 Å². The fourth-order valence-corrected chi connectivity index (χ4v) is 2.77. The second kappa shape index (κ2) is 6.43. The number of hydrogen-bond acceptors (Lipinski definition) is 4. The first-order valence-corrected chi connectivity index (χ1v) is 7.57. The van der Waals surface area contributed by atoms with Gasteiger partial charge < -0.3 is 14.7 Å². The lowest BCUT2D eigenvalue weighted by molar-refractivity contribution is 0.0690. The van der Waals surface area contributed by atoms with Crippen molar-refractivity contribution >= 4 is 11.7 Å². The zero-order chi connectivity index (χ0) is 17.3. The molecule has 0 atom stereocenters. The lowest BCUT2D eigenvalue weighted by Gasteiger charge is -2.31. The summed E-state index contributed by atoms with van der Waals surface area (Å²) < 4.78 is 32.6. The van der Waals surface area contributed by atoms with E-state index in [1.165, 1.54) is 12.3 Å². The Balaban J connectivity index is 1.89. The van der Waals surface area contributed by atoms with Gasteiger partial charge in [0.2, 0.25) is 5.82 Å². The summed E-state index contributed by atoms with van der Waals surface area (Å²) in [6.45, 7) is 2.95. The highest BCUT2D eigenvalue weighted by Gasteiger charge is 2.21. The number of carbonyl (C=O) groups is 1. The summed E-state index contributed by atoms with van der Waals surface area (Å²) >= 11 is 0. The molecule has 24 heavy (non-hydrogen) atoms. The van der Waals surface area contributed by atoms with E-state index in [1.54, 1.807) is 13.0 Å². The van der Waals surface area contributed by atoms with Crippen LogP contribution in [-0.4, -0.2) is 29.2 Å². The lowest BCUT2D eigenvalue weighted by Crippen LogP contribution is -2.31. The number of pyridine rings is 1. The van der Waals surface area contributed by atoms with Crippen LogP contribution in [0.2, 0.25) is 0 Å². The molecule has 0 saturated carbocycles. The predicted octanol–water partition coefficient (Wildman–Crippen LogP) is 3.02. The maximum absolute atomic E-state index is 13.8. The third-order valence-corrected chi connectivity index (χ3v) is 3.96. The van der Waals surface area contributed by atoms with Gasteiger partial charge in [-0.3, -0.25) is 0 Å². The van der Waals surface area contributed by atoms with Crippen molar-refractivity contribution in [1.29, 1.82) is 0 Å². The molecule has 0 bridgehead atoms. The number of fused-ring (bicyclic) bond motifs is 1. The molecule has 0 saturated heterocycles. The lowest BCUT2D eigenvalue weighted by atomic mass is 10.0. The second-order valence-corrected chi connectivity index (χ2v) is 5.49. The monoisotopic (exact) mass is 334 g/mol. The van der Waals surface area contributed by atoms with Gasteiger partial charge in [-0.2, -0.15) is 4.39 Å². The third kappa shape index (κ3) is 3.02. The van der Waals surface area contributed by atoms with Gasteiger partial charge in [0.1, 0.15) is 5.69 Å². The molecule has 2 aromatic rings. The van der Waals surface area contributed by atoms with Crippen LogP contribution in [0.5, 0.6) is 5.75 Å². The number of hydrogen-bond donors (Lipinski definition) is 1. The molecule has 1 aliphatic rings. The number of carboxylic acid groups (broad SMARTS) is 1. The highest BCUT2D eigenvalue weighted by molar-refractivity contribution is 5.85. The fourth-order valence-electron chi connectivity index (χ4n) is 2.77. The summed E-state index contributed by atoms with van der Waals surface area (Å²) in [7, 11) is 0. The Morgan fingerprint density at radius 3 is 2.83 bits per heavy atom. The smallest absolute Gasteiger partial charge is 0.354 e. The number of aromatic carboxylic acids is 1. The molecule has 1 aromatic heterocycles. The molecule has 1 N–H and O–H groups in total. The van der Waals surface area contributed by atoms with Gasteiger partial charge in [-0.1, -0.05) is 0 Å². The van der Waals surface area contributed by atoms with Gasteiger partial charge in [0.25, 0.3) is 0 Å². The first-order valence-electron chi connectivity index (χ1n) is 7.57. The van der Waals surface area contributed by atoms with Crippen LogP contribution in [0.15, 0.2) is 24.4 Å². The van der Waals surface area contributed by atoms with E-state index in [0.717, 1.165) is 17.2 Å². The van der Waals surface area contributed by atoms with Gasteiger partial charge in [0.15, 0.2) is 11.6 Å². The summed E-state index contributed by atoms with van der Waals surface area (Å²) in [6.07, 6.45) is 2.12. The van der Waals surface area contributed by atoms with Crippen molar-refractivity contribution in [1.82, 2.24) is 4.98 Å². The minimum atomic E-state index is -1.07. The molecule has 126 valence electrons. The largest absolute Gasteiger partial charge is 0.491 e. The van der Waals surface area contributed by atoms with E-state index in [4.69, 9.17) is 9.84 Å². The normalized spacial score (nSPS) is 13.5. The molecule has 0 aliphatic carbocycles. The second-order valence-electron chi connectivity index (χ2n) is 5.49. The van der Waals surface area contributed by atoms with Gasteiger partial charge in [-0.15, -0.1) is 0 Å². The van der Waals surface area contributed by atoms with Crippen molar-refractivity contribution in [3.8, 4) is 5.75 Å². The van der Waals surface area contributed by atoms with Gasteiger partial charge in [-0.25, -0.2) is 14.2 Å². The van der Waals surface area contributed by atoms with Crippen LogP contribution in [0.3, 0.4) is 0 Å². The number of aromatic nitrogens is 1. The van der Waals surface area contributed by atoms with Crippen molar-refractivity contribution in [3.63, 3.8) is 0 Å². The fraction of sp³-hybridized carbons (Fsp3) is 0.294. The maximum Gasteiger partial charge on any atom is 0.354 e. The molecule has 0 spiro atoms. The van der Waals surface area contributed by atoms with Crippen LogP contribution < -0.4 is 9.64 Å². The standard InChI is InChI=1S/C17H16F2N2O3/c1-2-24-15-7-12(6-13(18)16(15)19)21-4-3-10-5-14(17(22)23)20-8-11(10)9-21/h5-8H,2-4,9H2,1H3,(H,22,23). The topological polar surface area (TPSA) is 62.7 Å². The molecule has 1 aromatic carbocycles. The molecule has 0 radical (unpaired) electrons. The molecule has 0 amide bonds. The van der Waals surface area contributed by atoms with E-state index in [2.05, 4.69) is 4.98 Å². The maximum atomic E-state index is 13.8.